The molecule has 0 bridgehead atoms. The maximum atomic E-state index is 13.0. The molecule has 2 aliphatic carbocycles. The predicted octanol–water partition coefficient (Wildman–Crippen LogP) is 4.01. The third kappa shape index (κ3) is 3.79. The zero-order chi connectivity index (χ0) is 19.8. The highest BCUT2D eigenvalue weighted by Gasteiger charge is 2.33. The Morgan fingerprint density at radius 2 is 1.97 bits per heavy atom. The quantitative estimate of drug-likeness (QED) is 0.675. The van der Waals surface area contributed by atoms with E-state index >= 15 is 0 Å². The summed E-state index contributed by atoms with van der Waals surface area (Å²) < 4.78 is 0. The lowest BCUT2D eigenvalue weighted by atomic mass is 9.91. The van der Waals surface area contributed by atoms with Crippen molar-refractivity contribution in [1.82, 2.24) is 10.3 Å². The lowest BCUT2D eigenvalue weighted by Gasteiger charge is -2.29. The number of ketones is 1. The summed E-state index contributed by atoms with van der Waals surface area (Å²) in [5.41, 5.74) is 11.1. The average Bonchev–Trinajstić information content (AvgIpc) is 3.61. The van der Waals surface area contributed by atoms with E-state index in [1.165, 1.54) is 5.57 Å². The third-order valence-electron chi connectivity index (χ3n) is 6.36. The van der Waals surface area contributed by atoms with Crippen LogP contribution in [0.4, 0.5) is 5.69 Å². The van der Waals surface area contributed by atoms with Crippen molar-refractivity contribution in [3.8, 4) is 0 Å². The van der Waals surface area contributed by atoms with Crippen molar-refractivity contribution >= 4 is 27.9 Å². The van der Waals surface area contributed by atoms with Gasteiger partial charge in [0.15, 0.2) is 5.78 Å². The fourth-order valence-corrected chi connectivity index (χ4v) is 4.42. The van der Waals surface area contributed by atoms with Crippen molar-refractivity contribution in [2.45, 2.75) is 50.6 Å². The van der Waals surface area contributed by atoms with Crippen molar-refractivity contribution in [2.75, 3.05) is 11.9 Å². The number of pyridine rings is 1. The molecule has 2 fully saturated rings. The second-order valence-electron chi connectivity index (χ2n) is 8.57. The van der Waals surface area contributed by atoms with Gasteiger partial charge in [-0.1, -0.05) is 12.1 Å². The molecule has 0 radical (unpaired) electrons. The maximum Gasteiger partial charge on any atom is 0.169 e. The highest BCUT2D eigenvalue weighted by Crippen LogP contribution is 2.38. The largest absolute Gasteiger partial charge is 0.387 e. The Morgan fingerprint density at radius 3 is 2.69 bits per heavy atom. The highest BCUT2D eigenvalue weighted by molar-refractivity contribution is 6.10. The molecule has 2 heterocycles. The van der Waals surface area contributed by atoms with E-state index in [-0.39, 0.29) is 11.7 Å². The first-order valence-corrected chi connectivity index (χ1v) is 10.8. The number of hydrogen-bond acceptors (Lipinski definition) is 5. The van der Waals surface area contributed by atoms with E-state index in [9.17, 15) is 4.79 Å². The minimum atomic E-state index is 0.174. The molecule has 2 aromatic rings. The summed E-state index contributed by atoms with van der Waals surface area (Å²) in [5.74, 6) is 0.411. The Morgan fingerprint density at radius 1 is 1.14 bits per heavy atom. The number of allylic oxidation sites excluding steroid dienone is 2. The van der Waals surface area contributed by atoms with Crippen molar-refractivity contribution in [3.05, 3.63) is 53.9 Å². The third-order valence-corrected chi connectivity index (χ3v) is 6.36. The van der Waals surface area contributed by atoms with Gasteiger partial charge in [0.1, 0.15) is 0 Å². The van der Waals surface area contributed by atoms with Gasteiger partial charge in [0.05, 0.1) is 16.8 Å². The van der Waals surface area contributed by atoms with Gasteiger partial charge in [0.2, 0.25) is 0 Å². The molecule has 0 unspecified atom stereocenters. The fraction of sp³-hybridized carbons (Fsp3) is 0.417. The molecule has 1 aromatic heterocycles. The zero-order valence-corrected chi connectivity index (χ0v) is 16.7. The number of Topliss-reactive ketones (excluding diaryl/α,β-unsaturated/α-hetero) is 1. The summed E-state index contributed by atoms with van der Waals surface area (Å²) in [4.78, 5) is 17.7. The van der Waals surface area contributed by atoms with Gasteiger partial charge in [-0.3, -0.25) is 9.78 Å². The fourth-order valence-electron chi connectivity index (χ4n) is 4.42. The Kier molecular flexibility index (Phi) is 4.84. The predicted molar refractivity (Wildman–Crippen MR) is 118 cm³/mol. The number of carbonyl (C=O) groups is 1. The van der Waals surface area contributed by atoms with Crippen LogP contribution in [-0.4, -0.2) is 29.4 Å². The van der Waals surface area contributed by atoms with E-state index in [2.05, 4.69) is 46.0 Å². The van der Waals surface area contributed by atoms with Gasteiger partial charge in [0, 0.05) is 36.1 Å². The number of nitrogens with one attached hydrogen (secondary N) is 2. The second-order valence-corrected chi connectivity index (χ2v) is 8.57. The van der Waals surface area contributed by atoms with Crippen LogP contribution in [0, 0.1) is 5.92 Å². The minimum absolute atomic E-state index is 0.174. The molecule has 29 heavy (non-hydrogen) atoms. The molecule has 3 aliphatic rings. The molecule has 4 N–H and O–H groups in total. The molecule has 5 heteroatoms. The number of hydrogen-bond donors (Lipinski definition) is 3. The summed E-state index contributed by atoms with van der Waals surface area (Å²) in [6.07, 6.45) is 14.2. The Hall–Kier alpha value is -2.66. The van der Waals surface area contributed by atoms with Crippen LogP contribution in [0.15, 0.2) is 42.7 Å². The standard InChI is InChI=1S/C24H28N4O/c25-18-4-6-19(7-5-18)28-23-20-13-17(15-9-11-26-12-10-15)3-8-22(20)27-14-21(23)24(29)16-1-2-16/h3,8-11,13-14,16,18-19,26H,1-2,4-7,12,25H2,(H,27,28). The molecule has 1 aromatic carbocycles. The van der Waals surface area contributed by atoms with Gasteiger partial charge in [-0.05, 0) is 74.1 Å². The van der Waals surface area contributed by atoms with Crippen molar-refractivity contribution in [1.29, 1.82) is 0 Å². The van der Waals surface area contributed by atoms with E-state index in [0.717, 1.165) is 72.8 Å². The number of fused-ring (bicyclic) bond motifs is 1. The summed E-state index contributed by atoms with van der Waals surface area (Å²) in [7, 11) is 0. The monoisotopic (exact) mass is 388 g/mol. The molecule has 0 atom stereocenters. The topological polar surface area (TPSA) is 80.0 Å². The van der Waals surface area contributed by atoms with Crippen molar-refractivity contribution in [2.24, 2.45) is 11.7 Å². The normalized spacial score (nSPS) is 24.1. The number of benzene rings is 1. The average molecular weight is 389 g/mol. The number of rotatable bonds is 5. The summed E-state index contributed by atoms with van der Waals surface area (Å²) in [6.45, 7) is 0.829. The minimum Gasteiger partial charge on any atom is -0.387 e. The van der Waals surface area contributed by atoms with Gasteiger partial charge in [-0.15, -0.1) is 0 Å². The van der Waals surface area contributed by atoms with Crippen LogP contribution in [0.25, 0.3) is 16.5 Å². The van der Waals surface area contributed by atoms with E-state index in [1.807, 2.05) is 6.20 Å². The van der Waals surface area contributed by atoms with Gasteiger partial charge >= 0.3 is 0 Å². The first-order chi connectivity index (χ1) is 14.2. The molecular weight excluding hydrogens is 360 g/mol. The number of nitrogens with two attached hydrogens (primary N) is 1. The number of aromatic nitrogens is 1. The molecule has 5 nitrogen and oxygen atoms in total. The van der Waals surface area contributed by atoms with Crippen LogP contribution >= 0.6 is 0 Å². The number of carbonyl (C=O) groups excluding carboxylic acids is 1. The van der Waals surface area contributed by atoms with Crippen LogP contribution in [0.1, 0.15) is 54.4 Å². The van der Waals surface area contributed by atoms with E-state index in [4.69, 9.17) is 5.73 Å². The molecule has 1 aliphatic heterocycles. The molecule has 0 saturated heterocycles. The van der Waals surface area contributed by atoms with Crippen LogP contribution < -0.4 is 16.4 Å². The molecule has 150 valence electrons. The smallest absolute Gasteiger partial charge is 0.169 e. The van der Waals surface area contributed by atoms with Crippen LogP contribution in [0.3, 0.4) is 0 Å². The first kappa shape index (κ1) is 18.4. The highest BCUT2D eigenvalue weighted by atomic mass is 16.1. The lowest BCUT2D eigenvalue weighted by molar-refractivity contribution is 0.0968. The van der Waals surface area contributed by atoms with Gasteiger partial charge in [-0.25, -0.2) is 0 Å². The van der Waals surface area contributed by atoms with Crippen LogP contribution in [-0.2, 0) is 0 Å². The lowest BCUT2D eigenvalue weighted by Crippen LogP contribution is -2.33. The summed E-state index contributed by atoms with van der Waals surface area (Å²) in [6, 6.07) is 7.02. The number of dihydropyridines is 1. The molecular formula is C24H28N4O. The second kappa shape index (κ2) is 7.64. The number of anilines is 1. The Labute approximate surface area is 171 Å². The van der Waals surface area contributed by atoms with Crippen LogP contribution in [0.2, 0.25) is 0 Å². The van der Waals surface area contributed by atoms with Gasteiger partial charge in [0.25, 0.3) is 0 Å². The van der Waals surface area contributed by atoms with E-state index in [0.29, 0.717) is 12.1 Å². The molecule has 2 saturated carbocycles. The van der Waals surface area contributed by atoms with E-state index in [1.54, 1.807) is 6.20 Å². The van der Waals surface area contributed by atoms with Gasteiger partial charge in [-0.2, -0.15) is 0 Å². The van der Waals surface area contributed by atoms with Crippen LogP contribution in [0.5, 0.6) is 0 Å². The van der Waals surface area contributed by atoms with E-state index < -0.39 is 0 Å². The molecule has 0 amide bonds. The first-order valence-electron chi connectivity index (χ1n) is 10.8. The SMILES string of the molecule is NC1CCC(Nc2c(C(=O)C3CC3)cnc3ccc(C4=CCNC=C4)cc23)CC1. The zero-order valence-electron chi connectivity index (χ0n) is 16.7. The van der Waals surface area contributed by atoms with Crippen molar-refractivity contribution < 1.29 is 4.79 Å². The molecule has 5 rings (SSSR count). The Balaban J connectivity index is 1.58. The molecule has 0 spiro atoms. The maximum absolute atomic E-state index is 13.0. The van der Waals surface area contributed by atoms with Crippen molar-refractivity contribution in [3.63, 3.8) is 0 Å². The summed E-state index contributed by atoms with van der Waals surface area (Å²) in [5, 5.41) is 7.98. The Bertz CT molecular complexity index is 997. The van der Waals surface area contributed by atoms with Gasteiger partial charge < -0.3 is 16.4 Å². The number of nitrogens with zero attached hydrogens (tertiary/aromatic N) is 1. The summed E-state index contributed by atoms with van der Waals surface area (Å²) >= 11 is 0.